The van der Waals surface area contributed by atoms with Crippen molar-refractivity contribution in [2.75, 3.05) is 24.3 Å². The van der Waals surface area contributed by atoms with Crippen LogP contribution in [0.1, 0.15) is 36.7 Å². The van der Waals surface area contributed by atoms with Crippen molar-refractivity contribution in [3.05, 3.63) is 74.7 Å². The van der Waals surface area contributed by atoms with Crippen molar-refractivity contribution in [1.29, 1.82) is 0 Å². The van der Waals surface area contributed by atoms with Crippen molar-refractivity contribution >= 4 is 28.9 Å². The highest BCUT2D eigenvalue weighted by atomic mass is 35.5. The summed E-state index contributed by atoms with van der Waals surface area (Å²) < 4.78 is 7.22. The lowest BCUT2D eigenvalue weighted by Crippen LogP contribution is -2.32. The molecule has 0 saturated carbocycles. The number of benzene rings is 2. The highest BCUT2D eigenvalue weighted by Crippen LogP contribution is 2.36. The summed E-state index contributed by atoms with van der Waals surface area (Å²) in [5.74, 6) is 0.172. The molecule has 4 rings (SSSR count). The van der Waals surface area contributed by atoms with Crippen LogP contribution >= 0.6 is 11.6 Å². The standard InChI is InChI=1S/C26H29ClN4O3/c1-6-31-25(20-12-11-18(30(4)5)14-21(20)27)28-15(2)23(26(31)33)29-24-19-10-8-7-9-17(19)13-22(24)34-16(3)32/h7-12,14,22,24,29H,6,13H2,1-5H3/t22-,24-/m0/s1. The average molecular weight is 481 g/mol. The molecule has 0 amide bonds. The van der Waals surface area contributed by atoms with Gasteiger partial charge in [-0.05, 0) is 43.2 Å². The number of hydrogen-bond acceptors (Lipinski definition) is 6. The number of nitrogens with zero attached hydrogens (tertiary/aromatic N) is 3. The molecule has 8 heteroatoms. The van der Waals surface area contributed by atoms with E-state index in [0.717, 1.165) is 16.8 Å². The number of hydrogen-bond donors (Lipinski definition) is 1. The SMILES string of the molecule is CCn1c(-c2ccc(N(C)C)cc2Cl)nc(C)c(N[C@H]2c3ccccc3C[C@@H]2OC(C)=O)c1=O. The van der Waals surface area contributed by atoms with Crippen LogP contribution in [0.4, 0.5) is 11.4 Å². The van der Waals surface area contributed by atoms with Crippen LogP contribution in [0, 0.1) is 6.92 Å². The van der Waals surface area contributed by atoms with E-state index in [1.807, 2.05) is 68.4 Å². The Morgan fingerprint density at radius 3 is 2.65 bits per heavy atom. The van der Waals surface area contributed by atoms with E-state index >= 15 is 0 Å². The summed E-state index contributed by atoms with van der Waals surface area (Å²) in [7, 11) is 3.89. The number of anilines is 2. The van der Waals surface area contributed by atoms with Crippen molar-refractivity contribution in [2.24, 2.45) is 0 Å². The molecule has 0 spiro atoms. The molecule has 0 radical (unpaired) electrons. The summed E-state index contributed by atoms with van der Waals surface area (Å²) >= 11 is 6.60. The van der Waals surface area contributed by atoms with Gasteiger partial charge in [0, 0.05) is 45.2 Å². The van der Waals surface area contributed by atoms with E-state index in [1.54, 1.807) is 11.5 Å². The fraction of sp³-hybridized carbons (Fsp3) is 0.346. The van der Waals surface area contributed by atoms with E-state index in [1.165, 1.54) is 6.92 Å². The fourth-order valence-electron chi connectivity index (χ4n) is 4.50. The first-order valence-electron chi connectivity index (χ1n) is 11.3. The maximum absolute atomic E-state index is 13.6. The van der Waals surface area contributed by atoms with Crippen LogP contribution < -0.4 is 15.8 Å². The van der Waals surface area contributed by atoms with Crippen LogP contribution in [0.2, 0.25) is 5.02 Å². The first-order valence-corrected chi connectivity index (χ1v) is 11.7. The van der Waals surface area contributed by atoms with E-state index < -0.39 is 6.10 Å². The van der Waals surface area contributed by atoms with Gasteiger partial charge in [-0.25, -0.2) is 4.98 Å². The van der Waals surface area contributed by atoms with Gasteiger partial charge in [-0.2, -0.15) is 0 Å². The Kier molecular flexibility index (Phi) is 6.66. The zero-order chi connectivity index (χ0) is 24.6. The van der Waals surface area contributed by atoms with Crippen molar-refractivity contribution in [2.45, 2.75) is 45.9 Å². The van der Waals surface area contributed by atoms with Gasteiger partial charge in [0.1, 0.15) is 17.6 Å². The van der Waals surface area contributed by atoms with Gasteiger partial charge in [0.25, 0.3) is 5.56 Å². The normalized spacial score (nSPS) is 16.8. The zero-order valence-electron chi connectivity index (χ0n) is 20.1. The number of nitrogens with one attached hydrogen (secondary N) is 1. The van der Waals surface area contributed by atoms with Gasteiger partial charge in [-0.3, -0.25) is 14.2 Å². The number of aryl methyl sites for hydroxylation is 1. The highest BCUT2D eigenvalue weighted by Gasteiger charge is 2.35. The van der Waals surface area contributed by atoms with Crippen LogP contribution in [-0.4, -0.2) is 35.7 Å². The first kappa shape index (κ1) is 23.8. The zero-order valence-corrected chi connectivity index (χ0v) is 20.8. The Morgan fingerprint density at radius 2 is 2.00 bits per heavy atom. The molecule has 34 heavy (non-hydrogen) atoms. The minimum Gasteiger partial charge on any atom is -0.460 e. The van der Waals surface area contributed by atoms with Gasteiger partial charge in [0.15, 0.2) is 0 Å². The van der Waals surface area contributed by atoms with Crippen molar-refractivity contribution in [3.63, 3.8) is 0 Å². The molecule has 1 aromatic heterocycles. The van der Waals surface area contributed by atoms with E-state index in [9.17, 15) is 9.59 Å². The van der Waals surface area contributed by atoms with Crippen LogP contribution in [-0.2, 0) is 22.5 Å². The number of carbonyl (C=O) groups excluding carboxylic acids is 1. The largest absolute Gasteiger partial charge is 0.460 e. The summed E-state index contributed by atoms with van der Waals surface area (Å²) in [6, 6.07) is 13.3. The molecule has 1 N–H and O–H groups in total. The molecule has 1 aliphatic rings. The van der Waals surface area contributed by atoms with Crippen LogP contribution in [0.5, 0.6) is 0 Å². The van der Waals surface area contributed by atoms with Crippen LogP contribution in [0.25, 0.3) is 11.4 Å². The maximum Gasteiger partial charge on any atom is 0.302 e. The second-order valence-corrected chi connectivity index (χ2v) is 9.08. The molecule has 0 fully saturated rings. The highest BCUT2D eigenvalue weighted by molar-refractivity contribution is 6.33. The molecule has 7 nitrogen and oxygen atoms in total. The quantitative estimate of drug-likeness (QED) is 0.520. The topological polar surface area (TPSA) is 76.5 Å². The molecule has 0 unspecified atom stereocenters. The van der Waals surface area contributed by atoms with Gasteiger partial charge in [0.05, 0.1) is 16.8 Å². The Hall–Kier alpha value is -3.32. The molecule has 2 atom stereocenters. The summed E-state index contributed by atoms with van der Waals surface area (Å²) in [6.45, 7) is 5.53. The predicted molar refractivity (Wildman–Crippen MR) is 136 cm³/mol. The van der Waals surface area contributed by atoms with Crippen LogP contribution in [0.3, 0.4) is 0 Å². The van der Waals surface area contributed by atoms with E-state index in [2.05, 4.69) is 5.32 Å². The Bertz CT molecular complexity index is 1300. The summed E-state index contributed by atoms with van der Waals surface area (Å²) in [5.41, 5.74) is 4.53. The average Bonchev–Trinajstić information content (AvgIpc) is 3.12. The maximum atomic E-state index is 13.6. The minimum atomic E-state index is -0.406. The van der Waals surface area contributed by atoms with E-state index in [-0.39, 0.29) is 17.6 Å². The van der Waals surface area contributed by atoms with E-state index in [0.29, 0.717) is 40.8 Å². The van der Waals surface area contributed by atoms with Crippen molar-refractivity contribution in [1.82, 2.24) is 9.55 Å². The number of ether oxygens (including phenoxy) is 1. The third kappa shape index (κ3) is 4.40. The van der Waals surface area contributed by atoms with Gasteiger partial charge in [-0.15, -0.1) is 0 Å². The van der Waals surface area contributed by atoms with Gasteiger partial charge >= 0.3 is 5.97 Å². The molecule has 178 valence electrons. The monoisotopic (exact) mass is 480 g/mol. The molecule has 1 aliphatic carbocycles. The molecule has 0 bridgehead atoms. The summed E-state index contributed by atoms with van der Waals surface area (Å²) in [5, 5.41) is 3.90. The molecule has 0 aliphatic heterocycles. The molecule has 1 heterocycles. The lowest BCUT2D eigenvalue weighted by Gasteiger charge is -2.24. The number of fused-ring (bicyclic) bond motifs is 1. The smallest absolute Gasteiger partial charge is 0.302 e. The minimum absolute atomic E-state index is 0.191. The lowest BCUT2D eigenvalue weighted by molar-refractivity contribution is -0.146. The summed E-state index contributed by atoms with van der Waals surface area (Å²) in [4.78, 5) is 32.1. The van der Waals surface area contributed by atoms with Gasteiger partial charge in [0.2, 0.25) is 0 Å². The lowest BCUT2D eigenvalue weighted by atomic mass is 10.1. The third-order valence-electron chi connectivity index (χ3n) is 6.18. The molecule has 2 aromatic carbocycles. The predicted octanol–water partition coefficient (Wildman–Crippen LogP) is 4.60. The van der Waals surface area contributed by atoms with E-state index in [4.69, 9.17) is 21.3 Å². The number of halogens is 1. The first-order chi connectivity index (χ1) is 16.2. The fourth-order valence-corrected chi connectivity index (χ4v) is 4.76. The molecule has 0 saturated heterocycles. The Morgan fingerprint density at radius 1 is 1.26 bits per heavy atom. The summed E-state index contributed by atoms with van der Waals surface area (Å²) in [6.07, 6.45) is 0.185. The second-order valence-electron chi connectivity index (χ2n) is 8.68. The van der Waals surface area contributed by atoms with Crippen LogP contribution in [0.15, 0.2) is 47.3 Å². The molecule has 3 aromatic rings. The van der Waals surface area contributed by atoms with Crippen molar-refractivity contribution in [3.8, 4) is 11.4 Å². The van der Waals surface area contributed by atoms with Crippen molar-refractivity contribution < 1.29 is 9.53 Å². The Balaban J connectivity index is 1.77. The second kappa shape index (κ2) is 9.50. The van der Waals surface area contributed by atoms with Gasteiger partial charge in [-0.1, -0.05) is 35.9 Å². The molecular weight excluding hydrogens is 452 g/mol. The number of rotatable bonds is 6. The molecular formula is C26H29ClN4O3. The number of esters is 1. The van der Waals surface area contributed by atoms with Gasteiger partial charge < -0.3 is 15.0 Å². The number of carbonyl (C=O) groups is 1. The third-order valence-corrected chi connectivity index (χ3v) is 6.49. The Labute approximate surface area is 204 Å². The number of aromatic nitrogens is 2.